The van der Waals surface area contributed by atoms with Crippen LogP contribution in [0.4, 0.5) is 0 Å². The van der Waals surface area contributed by atoms with Crippen LogP contribution in [-0.2, 0) is 12.8 Å². The van der Waals surface area contributed by atoms with Gasteiger partial charge in [0, 0.05) is 36.1 Å². The lowest BCUT2D eigenvalue weighted by Gasteiger charge is -2.15. The number of ether oxygens (including phenoxy) is 3. The van der Waals surface area contributed by atoms with Crippen molar-refractivity contribution in [2.45, 2.75) is 38.9 Å². The quantitative estimate of drug-likeness (QED) is 0.919. The van der Waals surface area contributed by atoms with Gasteiger partial charge < -0.3 is 19.9 Å². The fraction of sp³-hybridized carbons (Fsp3) is 0.500. The van der Waals surface area contributed by atoms with E-state index in [0.29, 0.717) is 6.54 Å². The minimum atomic E-state index is 0.170. The summed E-state index contributed by atoms with van der Waals surface area (Å²) >= 11 is 0. The van der Waals surface area contributed by atoms with E-state index in [1.165, 1.54) is 5.56 Å². The number of fused-ring (bicyclic) bond motifs is 2. The van der Waals surface area contributed by atoms with E-state index in [1.54, 1.807) is 7.11 Å². The van der Waals surface area contributed by atoms with Gasteiger partial charge in [-0.2, -0.15) is 0 Å². The smallest absolute Gasteiger partial charge is 0.168 e. The van der Waals surface area contributed by atoms with E-state index in [-0.39, 0.29) is 12.2 Å². The van der Waals surface area contributed by atoms with E-state index < -0.39 is 0 Å². The molecule has 20 heavy (non-hydrogen) atoms. The number of hydrogen-bond acceptors (Lipinski definition) is 4. The summed E-state index contributed by atoms with van der Waals surface area (Å²) in [7, 11) is 1.70. The summed E-state index contributed by atoms with van der Waals surface area (Å²) in [5.74, 6) is 2.66. The molecule has 108 valence electrons. The molecule has 4 heteroatoms. The third kappa shape index (κ3) is 1.95. The number of benzene rings is 1. The topological polar surface area (TPSA) is 53.7 Å². The van der Waals surface area contributed by atoms with Crippen LogP contribution >= 0.6 is 0 Å². The van der Waals surface area contributed by atoms with Gasteiger partial charge in [0.25, 0.3) is 0 Å². The zero-order valence-corrected chi connectivity index (χ0v) is 12.2. The first-order chi connectivity index (χ1) is 9.65. The second-order valence-electron chi connectivity index (χ2n) is 5.47. The minimum Gasteiger partial charge on any atom is -0.492 e. The Morgan fingerprint density at radius 2 is 1.80 bits per heavy atom. The summed E-state index contributed by atoms with van der Waals surface area (Å²) in [5.41, 5.74) is 8.99. The molecule has 0 spiro atoms. The first-order valence-electron chi connectivity index (χ1n) is 7.11. The van der Waals surface area contributed by atoms with E-state index >= 15 is 0 Å². The Morgan fingerprint density at radius 1 is 1.15 bits per heavy atom. The highest BCUT2D eigenvalue weighted by Gasteiger charge is 2.35. The van der Waals surface area contributed by atoms with E-state index in [1.807, 2.05) is 6.08 Å². The Kier molecular flexibility index (Phi) is 3.34. The molecule has 0 radical (unpaired) electrons. The van der Waals surface area contributed by atoms with E-state index in [4.69, 9.17) is 19.9 Å². The SMILES string of the molecule is COc1c2c(c(/C=C/CN)c3c1OC(C)C3)OC(C)C2. The predicted octanol–water partition coefficient (Wildman–Crippen LogP) is 2.31. The fourth-order valence-electron chi connectivity index (χ4n) is 3.09. The van der Waals surface area contributed by atoms with Crippen molar-refractivity contribution in [2.75, 3.05) is 13.7 Å². The number of hydrogen-bond donors (Lipinski definition) is 1. The van der Waals surface area contributed by atoms with Crippen LogP contribution < -0.4 is 19.9 Å². The van der Waals surface area contributed by atoms with Crippen LogP contribution in [0, 0.1) is 0 Å². The molecule has 0 saturated carbocycles. The molecular weight excluding hydrogens is 254 g/mol. The van der Waals surface area contributed by atoms with Gasteiger partial charge >= 0.3 is 0 Å². The first kappa shape index (κ1) is 13.3. The van der Waals surface area contributed by atoms with Crippen molar-refractivity contribution >= 4 is 6.08 Å². The molecule has 0 amide bonds. The Morgan fingerprint density at radius 3 is 2.45 bits per heavy atom. The maximum Gasteiger partial charge on any atom is 0.168 e. The van der Waals surface area contributed by atoms with Crippen molar-refractivity contribution in [3.63, 3.8) is 0 Å². The second kappa shape index (κ2) is 5.02. The van der Waals surface area contributed by atoms with Crippen LogP contribution in [0.2, 0.25) is 0 Å². The minimum absolute atomic E-state index is 0.170. The lowest BCUT2D eigenvalue weighted by atomic mass is 9.96. The number of methoxy groups -OCH3 is 1. The molecule has 2 aliphatic rings. The molecule has 1 aromatic carbocycles. The molecule has 2 atom stereocenters. The molecule has 4 nitrogen and oxygen atoms in total. The highest BCUT2D eigenvalue weighted by molar-refractivity contribution is 5.74. The molecule has 2 unspecified atom stereocenters. The normalized spacial score (nSPS) is 23.4. The van der Waals surface area contributed by atoms with E-state index in [0.717, 1.165) is 41.2 Å². The third-order valence-corrected chi connectivity index (χ3v) is 3.84. The molecule has 3 rings (SSSR count). The average Bonchev–Trinajstić information content (AvgIpc) is 2.96. The largest absolute Gasteiger partial charge is 0.492 e. The molecule has 2 heterocycles. The summed E-state index contributed by atoms with van der Waals surface area (Å²) in [6, 6.07) is 0. The Bertz CT molecular complexity index is 526. The van der Waals surface area contributed by atoms with Crippen molar-refractivity contribution in [3.05, 3.63) is 22.8 Å². The molecule has 0 fully saturated rings. The molecule has 0 aliphatic carbocycles. The van der Waals surface area contributed by atoms with Gasteiger partial charge in [-0.05, 0) is 13.8 Å². The molecule has 2 N–H and O–H groups in total. The first-order valence-corrected chi connectivity index (χ1v) is 7.11. The van der Waals surface area contributed by atoms with Crippen LogP contribution in [0.5, 0.6) is 17.2 Å². The monoisotopic (exact) mass is 275 g/mol. The summed E-state index contributed by atoms with van der Waals surface area (Å²) in [6.45, 7) is 4.66. The average molecular weight is 275 g/mol. The lowest BCUT2D eigenvalue weighted by molar-refractivity contribution is 0.242. The maximum atomic E-state index is 6.01. The van der Waals surface area contributed by atoms with Crippen LogP contribution in [0.15, 0.2) is 6.08 Å². The molecule has 0 aromatic heterocycles. The molecule has 0 saturated heterocycles. The maximum absolute atomic E-state index is 6.01. The van der Waals surface area contributed by atoms with E-state index in [9.17, 15) is 0 Å². The Hall–Kier alpha value is -1.68. The second-order valence-corrected chi connectivity index (χ2v) is 5.47. The van der Waals surface area contributed by atoms with Gasteiger partial charge in [-0.25, -0.2) is 0 Å². The van der Waals surface area contributed by atoms with Crippen molar-refractivity contribution in [3.8, 4) is 17.2 Å². The molecule has 1 aromatic rings. The summed E-state index contributed by atoms with van der Waals surface area (Å²) in [4.78, 5) is 0. The zero-order chi connectivity index (χ0) is 14.3. The van der Waals surface area contributed by atoms with Crippen LogP contribution in [0.1, 0.15) is 30.5 Å². The number of rotatable bonds is 3. The van der Waals surface area contributed by atoms with Crippen LogP contribution in [0.3, 0.4) is 0 Å². The van der Waals surface area contributed by atoms with Crippen LogP contribution in [0.25, 0.3) is 6.08 Å². The van der Waals surface area contributed by atoms with Crippen molar-refractivity contribution in [2.24, 2.45) is 5.73 Å². The van der Waals surface area contributed by atoms with Crippen molar-refractivity contribution in [1.82, 2.24) is 0 Å². The van der Waals surface area contributed by atoms with Gasteiger partial charge in [0.15, 0.2) is 11.5 Å². The van der Waals surface area contributed by atoms with Crippen LogP contribution in [-0.4, -0.2) is 25.9 Å². The molecule has 0 bridgehead atoms. The van der Waals surface area contributed by atoms with Gasteiger partial charge in [0.2, 0.25) is 0 Å². The Labute approximate surface area is 119 Å². The van der Waals surface area contributed by atoms with E-state index in [2.05, 4.69) is 19.9 Å². The summed E-state index contributed by atoms with van der Waals surface area (Å²) < 4.78 is 17.6. The summed E-state index contributed by atoms with van der Waals surface area (Å²) in [5, 5.41) is 0. The van der Waals surface area contributed by atoms with Gasteiger partial charge in [-0.15, -0.1) is 0 Å². The Balaban J connectivity index is 2.22. The van der Waals surface area contributed by atoms with Gasteiger partial charge in [0.1, 0.15) is 18.0 Å². The number of nitrogens with two attached hydrogens (primary N) is 1. The van der Waals surface area contributed by atoms with Gasteiger partial charge in [-0.3, -0.25) is 0 Å². The standard InChI is InChI=1S/C16H21NO3/c1-9-7-12-11(5-4-6-17)14-13(8-10(2)19-14)15(18-3)16(12)20-9/h4-5,9-10H,6-8,17H2,1-3H3/b5-4+. The van der Waals surface area contributed by atoms with Gasteiger partial charge in [-0.1, -0.05) is 12.2 Å². The summed E-state index contributed by atoms with van der Waals surface area (Å²) in [6.07, 6.45) is 6.08. The van der Waals surface area contributed by atoms with Crippen molar-refractivity contribution < 1.29 is 14.2 Å². The highest BCUT2D eigenvalue weighted by Crippen LogP contribution is 2.51. The molecule has 2 aliphatic heterocycles. The lowest BCUT2D eigenvalue weighted by Crippen LogP contribution is -2.07. The van der Waals surface area contributed by atoms with Gasteiger partial charge in [0.05, 0.1) is 7.11 Å². The molecular formula is C16H21NO3. The van der Waals surface area contributed by atoms with Crippen molar-refractivity contribution in [1.29, 1.82) is 0 Å². The third-order valence-electron chi connectivity index (χ3n) is 3.84. The highest BCUT2D eigenvalue weighted by atomic mass is 16.5. The predicted molar refractivity (Wildman–Crippen MR) is 78.7 cm³/mol. The zero-order valence-electron chi connectivity index (χ0n) is 12.2. The fourth-order valence-corrected chi connectivity index (χ4v) is 3.09.